The van der Waals surface area contributed by atoms with Gasteiger partial charge in [-0.05, 0) is 25.8 Å². The van der Waals surface area contributed by atoms with Crippen molar-refractivity contribution in [1.29, 1.82) is 0 Å². The van der Waals surface area contributed by atoms with Crippen LogP contribution in [0.5, 0.6) is 0 Å². The van der Waals surface area contributed by atoms with E-state index in [0.29, 0.717) is 23.7 Å². The SMILES string of the molecule is CCOC(=O)c1cc(N)cnc1N1CCN(C2CC2)CC1. The summed E-state index contributed by atoms with van der Waals surface area (Å²) in [6.45, 7) is 5.98. The van der Waals surface area contributed by atoms with Crippen LogP contribution in [0, 0.1) is 0 Å². The van der Waals surface area contributed by atoms with Crippen LogP contribution in [0.4, 0.5) is 11.5 Å². The first-order chi connectivity index (χ1) is 10.2. The predicted molar refractivity (Wildman–Crippen MR) is 81.4 cm³/mol. The molecule has 3 rings (SSSR count). The Labute approximate surface area is 124 Å². The second-order valence-corrected chi connectivity index (χ2v) is 5.61. The maximum Gasteiger partial charge on any atom is 0.341 e. The van der Waals surface area contributed by atoms with Gasteiger partial charge in [0.25, 0.3) is 0 Å². The van der Waals surface area contributed by atoms with Crippen molar-refractivity contribution in [2.75, 3.05) is 43.4 Å². The third-order valence-corrected chi connectivity index (χ3v) is 4.06. The van der Waals surface area contributed by atoms with Gasteiger partial charge in [0.05, 0.1) is 18.5 Å². The zero-order valence-electron chi connectivity index (χ0n) is 12.4. The number of nitrogen functional groups attached to an aromatic ring is 1. The molecule has 1 aromatic heterocycles. The summed E-state index contributed by atoms with van der Waals surface area (Å²) < 4.78 is 5.11. The molecule has 2 aliphatic rings. The number of hydrogen-bond donors (Lipinski definition) is 1. The highest BCUT2D eigenvalue weighted by molar-refractivity contribution is 5.95. The maximum atomic E-state index is 12.1. The van der Waals surface area contributed by atoms with Gasteiger partial charge in [-0.15, -0.1) is 0 Å². The molecule has 1 saturated carbocycles. The average molecular weight is 290 g/mol. The van der Waals surface area contributed by atoms with Crippen molar-refractivity contribution in [3.63, 3.8) is 0 Å². The molecule has 6 heteroatoms. The average Bonchev–Trinajstić information content (AvgIpc) is 3.32. The summed E-state index contributed by atoms with van der Waals surface area (Å²) in [5.41, 5.74) is 6.72. The van der Waals surface area contributed by atoms with Gasteiger partial charge in [-0.1, -0.05) is 0 Å². The molecule has 1 saturated heterocycles. The molecule has 21 heavy (non-hydrogen) atoms. The van der Waals surface area contributed by atoms with E-state index in [9.17, 15) is 4.79 Å². The number of carbonyl (C=O) groups excluding carboxylic acids is 1. The second-order valence-electron chi connectivity index (χ2n) is 5.61. The highest BCUT2D eigenvalue weighted by atomic mass is 16.5. The summed E-state index contributed by atoms with van der Waals surface area (Å²) in [5.74, 6) is 0.343. The molecule has 0 aromatic carbocycles. The third-order valence-electron chi connectivity index (χ3n) is 4.06. The van der Waals surface area contributed by atoms with E-state index in [4.69, 9.17) is 10.5 Å². The Bertz CT molecular complexity index is 522. The van der Waals surface area contributed by atoms with E-state index in [1.54, 1.807) is 19.2 Å². The second kappa shape index (κ2) is 5.89. The highest BCUT2D eigenvalue weighted by Crippen LogP contribution is 2.29. The molecule has 0 atom stereocenters. The fraction of sp³-hybridized carbons (Fsp3) is 0.600. The van der Waals surface area contributed by atoms with E-state index in [2.05, 4.69) is 14.8 Å². The lowest BCUT2D eigenvalue weighted by atomic mass is 10.2. The predicted octanol–water partition coefficient (Wildman–Crippen LogP) is 1.12. The van der Waals surface area contributed by atoms with Crippen LogP contribution in [0.1, 0.15) is 30.1 Å². The van der Waals surface area contributed by atoms with Gasteiger partial charge in [0.2, 0.25) is 0 Å². The number of esters is 1. The summed E-state index contributed by atoms with van der Waals surface area (Å²) in [7, 11) is 0. The molecular formula is C15H22N4O2. The molecule has 0 unspecified atom stereocenters. The molecule has 2 N–H and O–H groups in total. The lowest BCUT2D eigenvalue weighted by Gasteiger charge is -2.36. The number of rotatable bonds is 4. The lowest BCUT2D eigenvalue weighted by molar-refractivity contribution is 0.0526. The Kier molecular flexibility index (Phi) is 3.96. The molecule has 0 spiro atoms. The van der Waals surface area contributed by atoms with Crippen LogP contribution in [0.15, 0.2) is 12.3 Å². The molecule has 1 aromatic rings. The molecule has 2 heterocycles. The van der Waals surface area contributed by atoms with E-state index in [0.717, 1.165) is 32.2 Å². The molecule has 0 bridgehead atoms. The van der Waals surface area contributed by atoms with Crippen LogP contribution in [0.25, 0.3) is 0 Å². The minimum atomic E-state index is -0.350. The number of carbonyl (C=O) groups is 1. The highest BCUT2D eigenvalue weighted by Gasteiger charge is 2.32. The van der Waals surface area contributed by atoms with Gasteiger partial charge in [0.1, 0.15) is 11.4 Å². The first kappa shape index (κ1) is 14.1. The number of nitrogens with zero attached hydrogens (tertiary/aromatic N) is 3. The Hall–Kier alpha value is -1.82. The van der Waals surface area contributed by atoms with Crippen LogP contribution in [0.2, 0.25) is 0 Å². The number of nitrogens with two attached hydrogens (primary N) is 1. The lowest BCUT2D eigenvalue weighted by Crippen LogP contribution is -2.47. The first-order valence-electron chi connectivity index (χ1n) is 7.60. The minimum Gasteiger partial charge on any atom is -0.462 e. The van der Waals surface area contributed by atoms with Gasteiger partial charge in [-0.3, -0.25) is 4.90 Å². The number of ether oxygens (including phenoxy) is 1. The summed E-state index contributed by atoms with van der Waals surface area (Å²) in [6.07, 6.45) is 4.26. The molecule has 6 nitrogen and oxygen atoms in total. The normalized spacial score (nSPS) is 19.6. The van der Waals surface area contributed by atoms with Gasteiger partial charge in [0, 0.05) is 32.2 Å². The summed E-state index contributed by atoms with van der Waals surface area (Å²) >= 11 is 0. The van der Waals surface area contributed by atoms with Crippen LogP contribution in [-0.4, -0.2) is 54.7 Å². The van der Waals surface area contributed by atoms with E-state index in [1.165, 1.54) is 12.8 Å². The topological polar surface area (TPSA) is 71.7 Å². The molecule has 0 amide bonds. The Morgan fingerprint density at radius 3 is 2.71 bits per heavy atom. The van der Waals surface area contributed by atoms with Crippen LogP contribution in [-0.2, 0) is 4.74 Å². The molecule has 0 radical (unpaired) electrons. The van der Waals surface area contributed by atoms with Gasteiger partial charge >= 0.3 is 5.97 Å². The van der Waals surface area contributed by atoms with E-state index < -0.39 is 0 Å². The van der Waals surface area contributed by atoms with Crippen molar-refractivity contribution >= 4 is 17.5 Å². The minimum absolute atomic E-state index is 0.350. The monoisotopic (exact) mass is 290 g/mol. The smallest absolute Gasteiger partial charge is 0.341 e. The number of anilines is 2. The zero-order chi connectivity index (χ0) is 14.8. The van der Waals surface area contributed by atoms with Crippen molar-refractivity contribution in [3.05, 3.63) is 17.8 Å². The quantitative estimate of drug-likeness (QED) is 0.838. The number of aromatic nitrogens is 1. The van der Waals surface area contributed by atoms with E-state index in [-0.39, 0.29) is 5.97 Å². The largest absolute Gasteiger partial charge is 0.462 e. The molecule has 2 fully saturated rings. The first-order valence-corrected chi connectivity index (χ1v) is 7.60. The standard InChI is InChI=1S/C15H22N4O2/c1-2-21-15(20)13-9-11(16)10-17-14(13)19-7-5-18(6-8-19)12-3-4-12/h9-10,12H,2-8,16H2,1H3. The fourth-order valence-corrected chi connectivity index (χ4v) is 2.82. The van der Waals surface area contributed by atoms with Gasteiger partial charge < -0.3 is 15.4 Å². The molecule has 1 aliphatic heterocycles. The number of piperazine rings is 1. The van der Waals surface area contributed by atoms with Gasteiger partial charge in [0.15, 0.2) is 0 Å². The van der Waals surface area contributed by atoms with Crippen LogP contribution < -0.4 is 10.6 Å². The van der Waals surface area contributed by atoms with Gasteiger partial charge in [-0.25, -0.2) is 9.78 Å². The van der Waals surface area contributed by atoms with Crippen molar-refractivity contribution in [3.8, 4) is 0 Å². The van der Waals surface area contributed by atoms with E-state index >= 15 is 0 Å². The summed E-state index contributed by atoms with van der Waals surface area (Å²) in [6, 6.07) is 2.45. The third kappa shape index (κ3) is 3.10. The Balaban J connectivity index is 1.76. The van der Waals surface area contributed by atoms with Crippen molar-refractivity contribution in [2.24, 2.45) is 0 Å². The van der Waals surface area contributed by atoms with Crippen molar-refractivity contribution < 1.29 is 9.53 Å². The van der Waals surface area contributed by atoms with Crippen molar-refractivity contribution in [1.82, 2.24) is 9.88 Å². The maximum absolute atomic E-state index is 12.1. The molecule has 1 aliphatic carbocycles. The van der Waals surface area contributed by atoms with E-state index in [1.807, 2.05) is 0 Å². The Morgan fingerprint density at radius 2 is 2.10 bits per heavy atom. The van der Waals surface area contributed by atoms with Gasteiger partial charge in [-0.2, -0.15) is 0 Å². The van der Waals surface area contributed by atoms with Crippen LogP contribution >= 0.6 is 0 Å². The van der Waals surface area contributed by atoms with Crippen molar-refractivity contribution in [2.45, 2.75) is 25.8 Å². The zero-order valence-corrected chi connectivity index (χ0v) is 12.4. The Morgan fingerprint density at radius 1 is 1.38 bits per heavy atom. The summed E-state index contributed by atoms with van der Waals surface area (Å²) in [5, 5.41) is 0. The molecule has 114 valence electrons. The summed E-state index contributed by atoms with van der Waals surface area (Å²) in [4.78, 5) is 21.1. The van der Waals surface area contributed by atoms with Crippen LogP contribution in [0.3, 0.4) is 0 Å². The fourth-order valence-electron chi connectivity index (χ4n) is 2.82. The number of hydrogen-bond acceptors (Lipinski definition) is 6. The number of pyridine rings is 1. The molecular weight excluding hydrogens is 268 g/mol.